The van der Waals surface area contributed by atoms with Gasteiger partial charge in [0.2, 0.25) is 5.91 Å². The highest BCUT2D eigenvalue weighted by atomic mass is 16.5. The minimum atomic E-state index is -1.02. The number of nitrogens with one attached hydrogen (secondary N) is 2. The van der Waals surface area contributed by atoms with Crippen LogP contribution in [0.3, 0.4) is 0 Å². The minimum absolute atomic E-state index is 0.0504. The van der Waals surface area contributed by atoms with Crippen molar-refractivity contribution in [1.82, 2.24) is 15.5 Å². The fourth-order valence-corrected chi connectivity index (χ4v) is 2.30. The van der Waals surface area contributed by atoms with Crippen molar-refractivity contribution in [2.75, 3.05) is 0 Å². The summed E-state index contributed by atoms with van der Waals surface area (Å²) in [5.41, 5.74) is 0.798. The normalized spacial score (nSPS) is 22.6. The molecular formula is C15H13N3O5. The Morgan fingerprint density at radius 1 is 1.13 bits per heavy atom. The maximum atomic E-state index is 11.8. The number of ether oxygens (including phenoxy) is 1. The van der Waals surface area contributed by atoms with Crippen LogP contribution in [0.1, 0.15) is 5.56 Å². The summed E-state index contributed by atoms with van der Waals surface area (Å²) in [6.07, 6.45) is 0.516. The quantitative estimate of drug-likeness (QED) is 0.584. The SMILES string of the molecule is O=C(N[C@@H]1C(=O)N[C@H]1N1C(=O)C=CC1=O)OCc1ccccc1. The zero-order valence-corrected chi connectivity index (χ0v) is 11.9. The van der Waals surface area contributed by atoms with Gasteiger partial charge in [0.25, 0.3) is 11.8 Å². The van der Waals surface area contributed by atoms with Gasteiger partial charge in [0.1, 0.15) is 12.8 Å². The Labute approximate surface area is 131 Å². The highest BCUT2D eigenvalue weighted by Crippen LogP contribution is 2.17. The third kappa shape index (κ3) is 2.91. The van der Waals surface area contributed by atoms with Crippen LogP contribution in [0.4, 0.5) is 4.79 Å². The van der Waals surface area contributed by atoms with E-state index in [1.807, 2.05) is 18.2 Å². The van der Waals surface area contributed by atoms with Gasteiger partial charge >= 0.3 is 6.09 Å². The second-order valence-corrected chi connectivity index (χ2v) is 5.02. The number of hydrogen-bond donors (Lipinski definition) is 2. The molecule has 0 radical (unpaired) electrons. The van der Waals surface area contributed by atoms with E-state index in [1.165, 1.54) is 0 Å². The maximum Gasteiger partial charge on any atom is 0.408 e. The first-order valence-corrected chi connectivity index (χ1v) is 6.89. The van der Waals surface area contributed by atoms with Gasteiger partial charge in [-0.1, -0.05) is 30.3 Å². The number of imide groups is 1. The average molecular weight is 315 g/mol. The lowest BCUT2D eigenvalue weighted by atomic mass is 10.1. The number of rotatable bonds is 4. The molecule has 4 amide bonds. The van der Waals surface area contributed by atoms with Gasteiger partial charge in [-0.05, 0) is 5.56 Å². The highest BCUT2D eigenvalue weighted by molar-refractivity contribution is 6.14. The van der Waals surface area contributed by atoms with E-state index in [1.54, 1.807) is 12.1 Å². The van der Waals surface area contributed by atoms with Crippen molar-refractivity contribution in [1.29, 1.82) is 0 Å². The van der Waals surface area contributed by atoms with Gasteiger partial charge in [-0.2, -0.15) is 0 Å². The molecule has 1 aromatic rings. The fraction of sp³-hybridized carbons (Fsp3) is 0.200. The van der Waals surface area contributed by atoms with E-state index in [9.17, 15) is 19.2 Å². The van der Waals surface area contributed by atoms with Crippen LogP contribution in [0, 0.1) is 0 Å². The number of carbonyl (C=O) groups is 4. The molecule has 3 rings (SSSR count). The Hall–Kier alpha value is -3.16. The molecule has 0 aromatic heterocycles. The smallest absolute Gasteiger partial charge is 0.408 e. The second kappa shape index (κ2) is 5.91. The monoisotopic (exact) mass is 315 g/mol. The molecule has 23 heavy (non-hydrogen) atoms. The predicted molar refractivity (Wildman–Crippen MR) is 76.5 cm³/mol. The van der Waals surface area contributed by atoms with Crippen LogP contribution < -0.4 is 10.6 Å². The van der Waals surface area contributed by atoms with E-state index in [0.717, 1.165) is 22.6 Å². The average Bonchev–Trinajstić information content (AvgIpc) is 2.88. The molecule has 8 nitrogen and oxygen atoms in total. The summed E-state index contributed by atoms with van der Waals surface area (Å²) < 4.78 is 5.01. The van der Waals surface area contributed by atoms with Crippen molar-refractivity contribution in [3.8, 4) is 0 Å². The van der Waals surface area contributed by atoms with Gasteiger partial charge in [0.05, 0.1) is 0 Å². The van der Waals surface area contributed by atoms with Crippen LogP contribution in [0.5, 0.6) is 0 Å². The summed E-state index contributed by atoms with van der Waals surface area (Å²) in [4.78, 5) is 47.4. The molecule has 2 atom stereocenters. The first-order valence-electron chi connectivity index (χ1n) is 6.89. The Bertz CT molecular complexity index is 682. The van der Waals surface area contributed by atoms with Gasteiger partial charge in [-0.15, -0.1) is 0 Å². The van der Waals surface area contributed by atoms with Gasteiger partial charge in [0, 0.05) is 12.2 Å². The molecule has 1 saturated heterocycles. The first kappa shape index (κ1) is 14.8. The van der Waals surface area contributed by atoms with E-state index >= 15 is 0 Å². The standard InChI is InChI=1S/C15H13N3O5/c19-10-6-7-11(20)18(10)13-12(14(21)17-13)16-15(22)23-8-9-4-2-1-3-5-9/h1-7,12-13H,8H2,(H,16,22)(H,17,21)/t12-,13-/m0/s1. The van der Waals surface area contributed by atoms with Crippen LogP contribution in [0.2, 0.25) is 0 Å². The Balaban J connectivity index is 1.56. The van der Waals surface area contributed by atoms with Gasteiger partial charge < -0.3 is 15.4 Å². The summed E-state index contributed by atoms with van der Waals surface area (Å²) in [5.74, 6) is -1.56. The van der Waals surface area contributed by atoms with E-state index in [2.05, 4.69) is 10.6 Å². The highest BCUT2D eigenvalue weighted by Gasteiger charge is 2.48. The number of amides is 4. The van der Waals surface area contributed by atoms with Crippen LogP contribution in [0.25, 0.3) is 0 Å². The van der Waals surface area contributed by atoms with Crippen molar-refractivity contribution in [2.45, 2.75) is 18.8 Å². The Kier molecular flexibility index (Phi) is 3.80. The lowest BCUT2D eigenvalue weighted by Crippen LogP contribution is -2.75. The van der Waals surface area contributed by atoms with Crippen molar-refractivity contribution >= 4 is 23.8 Å². The second-order valence-electron chi connectivity index (χ2n) is 5.02. The summed E-state index contributed by atoms with van der Waals surface area (Å²) >= 11 is 0. The van der Waals surface area contributed by atoms with Crippen LogP contribution in [0.15, 0.2) is 42.5 Å². The summed E-state index contributed by atoms with van der Waals surface area (Å²) in [5, 5.41) is 4.77. The number of carbonyl (C=O) groups excluding carboxylic acids is 4. The number of hydrogen-bond acceptors (Lipinski definition) is 5. The molecule has 0 spiro atoms. The molecule has 2 aliphatic rings. The molecule has 0 bridgehead atoms. The predicted octanol–water partition coefficient (Wildman–Crippen LogP) is -0.338. The van der Waals surface area contributed by atoms with E-state index in [-0.39, 0.29) is 6.61 Å². The van der Waals surface area contributed by atoms with Crippen LogP contribution in [-0.4, -0.2) is 40.9 Å². The molecule has 0 aliphatic carbocycles. The lowest BCUT2D eigenvalue weighted by molar-refractivity contribution is -0.149. The van der Waals surface area contributed by atoms with Gasteiger partial charge in [0.15, 0.2) is 6.04 Å². The number of β-lactam (4-membered cyclic amide) rings is 1. The Morgan fingerprint density at radius 2 is 1.78 bits per heavy atom. The van der Waals surface area contributed by atoms with Crippen molar-refractivity contribution in [3.05, 3.63) is 48.0 Å². The van der Waals surface area contributed by atoms with Crippen molar-refractivity contribution in [3.63, 3.8) is 0 Å². The molecule has 2 N–H and O–H groups in total. The molecule has 2 aliphatic heterocycles. The molecule has 1 aromatic carbocycles. The van der Waals surface area contributed by atoms with Crippen molar-refractivity contribution < 1.29 is 23.9 Å². The number of nitrogens with zero attached hydrogens (tertiary/aromatic N) is 1. The molecule has 2 heterocycles. The molecule has 8 heteroatoms. The Morgan fingerprint density at radius 3 is 2.39 bits per heavy atom. The summed E-state index contributed by atoms with van der Waals surface area (Å²) in [6, 6.07) is 8.02. The van der Waals surface area contributed by atoms with E-state index in [4.69, 9.17) is 4.74 Å². The molecule has 1 fully saturated rings. The number of alkyl carbamates (subject to hydrolysis) is 1. The maximum absolute atomic E-state index is 11.8. The molecular weight excluding hydrogens is 302 g/mol. The van der Waals surface area contributed by atoms with Crippen molar-refractivity contribution in [2.24, 2.45) is 0 Å². The molecule has 118 valence electrons. The lowest BCUT2D eigenvalue weighted by Gasteiger charge is -2.40. The first-order chi connectivity index (χ1) is 11.1. The van der Waals surface area contributed by atoms with Crippen LogP contribution in [-0.2, 0) is 25.7 Å². The largest absolute Gasteiger partial charge is 0.445 e. The zero-order chi connectivity index (χ0) is 16.4. The van der Waals surface area contributed by atoms with Crippen LogP contribution >= 0.6 is 0 Å². The topological polar surface area (TPSA) is 105 Å². The summed E-state index contributed by atoms with van der Waals surface area (Å²) in [7, 11) is 0. The number of benzene rings is 1. The molecule has 0 saturated carbocycles. The van der Waals surface area contributed by atoms with E-state index < -0.39 is 36.0 Å². The van der Waals surface area contributed by atoms with Gasteiger partial charge in [-0.25, -0.2) is 4.79 Å². The van der Waals surface area contributed by atoms with E-state index in [0.29, 0.717) is 0 Å². The fourth-order valence-electron chi connectivity index (χ4n) is 2.30. The minimum Gasteiger partial charge on any atom is -0.445 e. The zero-order valence-electron chi connectivity index (χ0n) is 11.9. The van der Waals surface area contributed by atoms with Gasteiger partial charge in [-0.3, -0.25) is 19.3 Å². The summed E-state index contributed by atoms with van der Waals surface area (Å²) in [6.45, 7) is 0.0504. The third-order valence-corrected chi connectivity index (χ3v) is 3.50. The molecule has 0 unspecified atom stereocenters. The third-order valence-electron chi connectivity index (χ3n) is 3.50.